The number of carbonyl (C=O) groups excluding carboxylic acids is 1. The van der Waals surface area contributed by atoms with Gasteiger partial charge in [0.05, 0.1) is 11.9 Å². The minimum atomic E-state index is -3.74. The van der Waals surface area contributed by atoms with Crippen LogP contribution in [0, 0.1) is 5.82 Å². The maximum atomic E-state index is 13.1. The monoisotopic (exact) mass is 406 g/mol. The number of sulfonamides is 1. The largest absolute Gasteiger partial charge is 0.299 e. The van der Waals surface area contributed by atoms with E-state index in [1.165, 1.54) is 23.5 Å². The molecule has 0 fully saturated rings. The van der Waals surface area contributed by atoms with E-state index in [0.29, 0.717) is 5.01 Å². The molecule has 0 saturated heterocycles. The van der Waals surface area contributed by atoms with Crippen molar-refractivity contribution in [1.29, 1.82) is 0 Å². The quantitative estimate of drug-likeness (QED) is 0.680. The van der Waals surface area contributed by atoms with Crippen LogP contribution in [0.15, 0.2) is 54.6 Å². The van der Waals surface area contributed by atoms with E-state index in [0.717, 1.165) is 28.3 Å². The molecule has 0 aliphatic carbocycles. The number of aromatic nitrogens is 2. The fourth-order valence-electron chi connectivity index (χ4n) is 2.27. The molecule has 0 bridgehead atoms. The van der Waals surface area contributed by atoms with Crippen molar-refractivity contribution < 1.29 is 17.6 Å². The molecule has 0 spiro atoms. The zero-order valence-electron chi connectivity index (χ0n) is 14.2. The third-order valence-corrected chi connectivity index (χ3v) is 5.52. The van der Waals surface area contributed by atoms with Gasteiger partial charge in [0.2, 0.25) is 21.1 Å². The zero-order chi connectivity index (χ0) is 19.4. The summed E-state index contributed by atoms with van der Waals surface area (Å²) in [6.45, 7) is -0.468. The van der Waals surface area contributed by atoms with Gasteiger partial charge in [-0.1, -0.05) is 41.7 Å². The average Bonchev–Trinajstić information content (AvgIpc) is 3.09. The van der Waals surface area contributed by atoms with Gasteiger partial charge < -0.3 is 0 Å². The molecule has 0 radical (unpaired) electrons. The molecule has 0 aliphatic heterocycles. The molecule has 0 atom stereocenters. The molecule has 27 heavy (non-hydrogen) atoms. The molecular formula is C17H15FN4O3S2. The summed E-state index contributed by atoms with van der Waals surface area (Å²) >= 11 is 1.17. The first-order valence-electron chi connectivity index (χ1n) is 7.75. The summed E-state index contributed by atoms with van der Waals surface area (Å²) in [4.78, 5) is 12.3. The predicted octanol–water partition coefficient (Wildman–Crippen LogP) is 2.75. The molecule has 1 heterocycles. The molecule has 0 aliphatic rings. The van der Waals surface area contributed by atoms with Gasteiger partial charge in [0.25, 0.3) is 0 Å². The first-order valence-corrected chi connectivity index (χ1v) is 10.4. The summed E-state index contributed by atoms with van der Waals surface area (Å²) in [5.41, 5.74) is 1.05. The molecule has 1 amide bonds. The summed E-state index contributed by atoms with van der Waals surface area (Å²) in [5, 5.41) is 11.3. The van der Waals surface area contributed by atoms with Crippen LogP contribution in [0.25, 0.3) is 10.6 Å². The highest BCUT2D eigenvalue weighted by molar-refractivity contribution is 7.92. The van der Waals surface area contributed by atoms with Crippen LogP contribution in [0.3, 0.4) is 0 Å². The van der Waals surface area contributed by atoms with Crippen LogP contribution < -0.4 is 9.62 Å². The third-order valence-electron chi connectivity index (χ3n) is 3.49. The highest BCUT2D eigenvalue weighted by atomic mass is 32.2. The van der Waals surface area contributed by atoms with Crippen molar-refractivity contribution >= 4 is 38.1 Å². The van der Waals surface area contributed by atoms with Crippen molar-refractivity contribution in [2.45, 2.75) is 0 Å². The lowest BCUT2D eigenvalue weighted by Gasteiger charge is -2.21. The number of nitrogens with zero attached hydrogens (tertiary/aromatic N) is 3. The number of amides is 1. The highest BCUT2D eigenvalue weighted by Crippen LogP contribution is 2.26. The van der Waals surface area contributed by atoms with E-state index in [2.05, 4.69) is 15.5 Å². The Labute approximate surface area is 159 Å². The van der Waals surface area contributed by atoms with Gasteiger partial charge in [-0.25, -0.2) is 12.8 Å². The molecule has 3 aromatic rings. The number of hydrogen-bond donors (Lipinski definition) is 1. The van der Waals surface area contributed by atoms with E-state index in [1.54, 1.807) is 0 Å². The number of hydrogen-bond acceptors (Lipinski definition) is 6. The Bertz CT molecular complexity index is 1040. The van der Waals surface area contributed by atoms with Crippen molar-refractivity contribution in [1.82, 2.24) is 10.2 Å². The van der Waals surface area contributed by atoms with Crippen LogP contribution in [0.4, 0.5) is 15.2 Å². The van der Waals surface area contributed by atoms with Gasteiger partial charge in [-0.05, 0) is 24.3 Å². The Balaban J connectivity index is 1.73. The van der Waals surface area contributed by atoms with Gasteiger partial charge in [-0.15, -0.1) is 10.2 Å². The van der Waals surface area contributed by atoms with Crippen LogP contribution in [0.5, 0.6) is 0 Å². The molecule has 3 rings (SSSR count). The average molecular weight is 406 g/mol. The second-order valence-corrected chi connectivity index (χ2v) is 8.46. The lowest BCUT2D eigenvalue weighted by molar-refractivity contribution is -0.114. The van der Waals surface area contributed by atoms with E-state index in [1.807, 2.05) is 30.3 Å². The fourth-order valence-corrected chi connectivity index (χ4v) is 3.89. The second-order valence-electron chi connectivity index (χ2n) is 5.57. The van der Waals surface area contributed by atoms with Gasteiger partial charge in [0, 0.05) is 5.56 Å². The molecule has 2 aromatic carbocycles. The summed E-state index contributed by atoms with van der Waals surface area (Å²) < 4.78 is 38.0. The summed E-state index contributed by atoms with van der Waals surface area (Å²) in [5.74, 6) is -1.08. The summed E-state index contributed by atoms with van der Waals surface area (Å²) in [6.07, 6.45) is 0.974. The predicted molar refractivity (Wildman–Crippen MR) is 103 cm³/mol. The number of halogens is 1. The Morgan fingerprint density at radius 1 is 1.11 bits per heavy atom. The van der Waals surface area contributed by atoms with Crippen molar-refractivity contribution in [2.75, 3.05) is 22.4 Å². The topological polar surface area (TPSA) is 92.3 Å². The van der Waals surface area contributed by atoms with Gasteiger partial charge in [-0.3, -0.25) is 14.4 Å². The molecule has 1 aromatic heterocycles. The first kappa shape index (κ1) is 18.9. The number of rotatable bonds is 6. The molecule has 140 valence electrons. The third kappa shape index (κ3) is 4.86. The minimum Gasteiger partial charge on any atom is -0.299 e. The van der Waals surface area contributed by atoms with Crippen molar-refractivity contribution in [3.63, 3.8) is 0 Å². The number of nitrogens with one attached hydrogen (secondary N) is 1. The Hall–Kier alpha value is -2.85. The van der Waals surface area contributed by atoms with E-state index >= 15 is 0 Å². The van der Waals surface area contributed by atoms with E-state index < -0.39 is 28.3 Å². The highest BCUT2D eigenvalue weighted by Gasteiger charge is 2.21. The molecule has 0 unspecified atom stereocenters. The van der Waals surface area contributed by atoms with Gasteiger partial charge >= 0.3 is 0 Å². The standard InChI is InChI=1S/C17H15FN4O3S2/c1-27(24,25)22(14-9-7-13(18)8-10-14)11-15(23)19-17-21-20-16(26-17)12-5-3-2-4-6-12/h2-10H,11H2,1H3,(H,19,21,23). The van der Waals surface area contributed by atoms with Crippen LogP contribution >= 0.6 is 11.3 Å². The lowest BCUT2D eigenvalue weighted by Crippen LogP contribution is -2.37. The smallest absolute Gasteiger partial charge is 0.246 e. The fraction of sp³-hybridized carbons (Fsp3) is 0.118. The number of carbonyl (C=O) groups is 1. The SMILES string of the molecule is CS(=O)(=O)N(CC(=O)Nc1nnc(-c2ccccc2)s1)c1ccc(F)cc1. The maximum Gasteiger partial charge on any atom is 0.246 e. The lowest BCUT2D eigenvalue weighted by atomic mass is 10.2. The minimum absolute atomic E-state index is 0.191. The molecule has 10 heteroatoms. The van der Waals surface area contributed by atoms with Crippen molar-refractivity contribution in [3.05, 3.63) is 60.4 Å². The van der Waals surface area contributed by atoms with Crippen molar-refractivity contribution in [3.8, 4) is 10.6 Å². The number of anilines is 2. The van der Waals surface area contributed by atoms with Crippen LogP contribution in [-0.2, 0) is 14.8 Å². The molecular weight excluding hydrogens is 391 g/mol. The second kappa shape index (κ2) is 7.80. The van der Waals surface area contributed by atoms with Crippen LogP contribution in [0.2, 0.25) is 0 Å². The Kier molecular flexibility index (Phi) is 5.47. The molecule has 7 nitrogen and oxygen atoms in total. The van der Waals surface area contributed by atoms with E-state index in [4.69, 9.17) is 0 Å². The van der Waals surface area contributed by atoms with Gasteiger partial charge in [0.1, 0.15) is 17.4 Å². The van der Waals surface area contributed by atoms with Gasteiger partial charge in [0.15, 0.2) is 0 Å². The Morgan fingerprint density at radius 2 is 1.78 bits per heavy atom. The van der Waals surface area contributed by atoms with Gasteiger partial charge in [-0.2, -0.15) is 0 Å². The number of benzene rings is 2. The van der Waals surface area contributed by atoms with E-state index in [9.17, 15) is 17.6 Å². The summed E-state index contributed by atoms with van der Waals surface area (Å²) in [7, 11) is -3.74. The summed E-state index contributed by atoms with van der Waals surface area (Å²) in [6, 6.07) is 14.2. The maximum absolute atomic E-state index is 13.1. The van der Waals surface area contributed by atoms with Crippen LogP contribution in [-0.4, -0.2) is 37.3 Å². The van der Waals surface area contributed by atoms with Crippen LogP contribution in [0.1, 0.15) is 0 Å². The Morgan fingerprint density at radius 3 is 2.41 bits per heavy atom. The zero-order valence-corrected chi connectivity index (χ0v) is 15.8. The molecule has 1 N–H and O–H groups in total. The normalized spacial score (nSPS) is 11.2. The first-order chi connectivity index (χ1) is 12.8. The van der Waals surface area contributed by atoms with Crippen molar-refractivity contribution in [2.24, 2.45) is 0 Å². The van der Waals surface area contributed by atoms with E-state index in [-0.39, 0.29) is 10.8 Å². The molecule has 0 saturated carbocycles.